The summed E-state index contributed by atoms with van der Waals surface area (Å²) in [4.78, 5) is 17.5. The third-order valence-electron chi connectivity index (χ3n) is 6.27. The summed E-state index contributed by atoms with van der Waals surface area (Å²) >= 11 is 1.36. The zero-order valence-corrected chi connectivity index (χ0v) is 21.7. The van der Waals surface area contributed by atoms with Crippen molar-refractivity contribution in [2.24, 2.45) is 5.92 Å². The van der Waals surface area contributed by atoms with Crippen molar-refractivity contribution in [2.45, 2.75) is 50.8 Å². The summed E-state index contributed by atoms with van der Waals surface area (Å²) in [5.41, 5.74) is 3.52. The van der Waals surface area contributed by atoms with Gasteiger partial charge in [0.05, 0.1) is 10.6 Å². The Labute approximate surface area is 206 Å². The SMILES string of the molecule is CC1CCN(S(=O)(=O)c2ccc(C(=O)Nc3nc(-c4ccc(C(C)(C)C)cc4)cs3)cc2)CC1. The van der Waals surface area contributed by atoms with Crippen molar-refractivity contribution in [1.82, 2.24) is 9.29 Å². The summed E-state index contributed by atoms with van der Waals surface area (Å²) in [7, 11) is -3.54. The minimum Gasteiger partial charge on any atom is -0.298 e. The van der Waals surface area contributed by atoms with E-state index in [-0.39, 0.29) is 16.2 Å². The molecule has 0 atom stereocenters. The number of carbonyl (C=O) groups is 1. The zero-order valence-electron chi connectivity index (χ0n) is 20.0. The van der Waals surface area contributed by atoms with Gasteiger partial charge in [-0.05, 0) is 54.0 Å². The van der Waals surface area contributed by atoms with Crippen LogP contribution in [0, 0.1) is 5.92 Å². The van der Waals surface area contributed by atoms with E-state index in [1.807, 2.05) is 17.5 Å². The molecule has 1 fully saturated rings. The maximum absolute atomic E-state index is 12.9. The fourth-order valence-electron chi connectivity index (χ4n) is 3.93. The summed E-state index contributed by atoms with van der Waals surface area (Å²) in [5.74, 6) is 0.228. The Morgan fingerprint density at radius 1 is 1.03 bits per heavy atom. The first-order chi connectivity index (χ1) is 16.0. The molecule has 1 aliphatic heterocycles. The normalized spacial score (nSPS) is 15.9. The Hall–Kier alpha value is -2.55. The van der Waals surface area contributed by atoms with Crippen molar-refractivity contribution in [2.75, 3.05) is 18.4 Å². The van der Waals surface area contributed by atoms with Gasteiger partial charge in [-0.2, -0.15) is 4.31 Å². The highest BCUT2D eigenvalue weighted by molar-refractivity contribution is 7.89. The van der Waals surface area contributed by atoms with E-state index in [1.165, 1.54) is 33.3 Å². The number of hydrogen-bond acceptors (Lipinski definition) is 5. The van der Waals surface area contributed by atoms with Crippen LogP contribution in [0.25, 0.3) is 11.3 Å². The lowest BCUT2D eigenvalue weighted by Gasteiger charge is -2.29. The van der Waals surface area contributed by atoms with Crippen LogP contribution < -0.4 is 5.32 Å². The summed E-state index contributed by atoms with van der Waals surface area (Å²) in [6, 6.07) is 14.4. The number of thiazole rings is 1. The maximum atomic E-state index is 12.9. The van der Waals surface area contributed by atoms with Crippen LogP contribution in [-0.2, 0) is 15.4 Å². The molecule has 0 spiro atoms. The van der Waals surface area contributed by atoms with Gasteiger partial charge in [-0.15, -0.1) is 11.3 Å². The van der Waals surface area contributed by atoms with Crippen molar-refractivity contribution >= 4 is 32.4 Å². The van der Waals surface area contributed by atoms with Gasteiger partial charge in [0.2, 0.25) is 10.0 Å². The lowest BCUT2D eigenvalue weighted by Crippen LogP contribution is -2.37. The molecule has 0 aliphatic carbocycles. The molecule has 4 rings (SSSR count). The average molecular weight is 498 g/mol. The molecule has 180 valence electrons. The van der Waals surface area contributed by atoms with Crippen molar-refractivity contribution < 1.29 is 13.2 Å². The van der Waals surface area contributed by atoms with Gasteiger partial charge < -0.3 is 0 Å². The number of amides is 1. The van der Waals surface area contributed by atoms with E-state index < -0.39 is 10.0 Å². The number of nitrogens with one attached hydrogen (secondary N) is 1. The molecule has 2 aromatic carbocycles. The van der Waals surface area contributed by atoms with Gasteiger partial charge in [-0.3, -0.25) is 10.1 Å². The lowest BCUT2D eigenvalue weighted by molar-refractivity contribution is 0.102. The van der Waals surface area contributed by atoms with Crippen LogP contribution in [0.4, 0.5) is 5.13 Å². The summed E-state index contributed by atoms with van der Waals surface area (Å²) in [5, 5.41) is 5.23. The van der Waals surface area contributed by atoms with E-state index in [9.17, 15) is 13.2 Å². The number of nitrogens with zero attached hydrogens (tertiary/aromatic N) is 2. The van der Waals surface area contributed by atoms with Crippen LogP contribution in [-0.4, -0.2) is 36.7 Å². The maximum Gasteiger partial charge on any atom is 0.257 e. The van der Waals surface area contributed by atoms with Crippen LogP contribution in [0.5, 0.6) is 0 Å². The average Bonchev–Trinajstić information content (AvgIpc) is 3.27. The Balaban J connectivity index is 1.42. The zero-order chi connectivity index (χ0) is 24.5. The highest BCUT2D eigenvalue weighted by atomic mass is 32.2. The third-order valence-corrected chi connectivity index (χ3v) is 8.94. The van der Waals surface area contributed by atoms with Crippen LogP contribution >= 0.6 is 11.3 Å². The molecule has 8 heteroatoms. The van der Waals surface area contributed by atoms with Gasteiger partial charge in [-0.1, -0.05) is 52.0 Å². The van der Waals surface area contributed by atoms with E-state index >= 15 is 0 Å². The molecule has 1 aliphatic rings. The molecule has 3 aromatic rings. The largest absolute Gasteiger partial charge is 0.298 e. The number of anilines is 1. The van der Waals surface area contributed by atoms with Crippen LogP contribution in [0.2, 0.25) is 0 Å². The third kappa shape index (κ3) is 5.40. The predicted molar refractivity (Wildman–Crippen MR) is 138 cm³/mol. The first-order valence-electron chi connectivity index (χ1n) is 11.5. The number of hydrogen-bond donors (Lipinski definition) is 1. The molecule has 34 heavy (non-hydrogen) atoms. The van der Waals surface area contributed by atoms with Gasteiger partial charge >= 0.3 is 0 Å². The molecule has 0 radical (unpaired) electrons. The Kier molecular flexibility index (Phi) is 6.94. The number of carbonyl (C=O) groups excluding carboxylic acids is 1. The van der Waals surface area contributed by atoms with Crippen molar-refractivity contribution in [1.29, 1.82) is 0 Å². The summed E-state index contributed by atoms with van der Waals surface area (Å²) in [6.45, 7) is 9.75. The van der Waals surface area contributed by atoms with E-state index in [2.05, 4.69) is 50.1 Å². The predicted octanol–water partition coefficient (Wildman–Crippen LogP) is 5.78. The van der Waals surface area contributed by atoms with Gasteiger partial charge in [0, 0.05) is 29.6 Å². The first-order valence-corrected chi connectivity index (χ1v) is 13.8. The first kappa shape index (κ1) is 24.6. The van der Waals surface area contributed by atoms with Gasteiger partial charge in [-0.25, -0.2) is 13.4 Å². The molecule has 6 nitrogen and oxygen atoms in total. The standard InChI is InChI=1S/C26H31N3O3S2/c1-18-13-15-29(16-14-18)34(31,32)22-11-7-20(8-12-22)24(30)28-25-27-23(17-33-25)19-5-9-21(10-6-19)26(2,3)4/h5-12,17-18H,13-16H2,1-4H3,(H,27,28,30). The molecule has 1 amide bonds. The molecular weight excluding hydrogens is 466 g/mol. The number of aromatic nitrogens is 1. The molecule has 2 heterocycles. The monoisotopic (exact) mass is 497 g/mol. The van der Waals surface area contributed by atoms with E-state index in [1.54, 1.807) is 12.1 Å². The molecule has 0 saturated carbocycles. The second-order valence-corrected chi connectivity index (χ2v) is 12.7. The van der Waals surface area contributed by atoms with Crippen molar-refractivity contribution in [3.05, 3.63) is 65.0 Å². The van der Waals surface area contributed by atoms with Crippen LogP contribution in [0.3, 0.4) is 0 Å². The quantitative estimate of drug-likeness (QED) is 0.485. The second-order valence-electron chi connectivity index (χ2n) is 9.93. The van der Waals surface area contributed by atoms with Gasteiger partial charge in [0.25, 0.3) is 5.91 Å². The minimum absolute atomic E-state index is 0.0843. The lowest BCUT2D eigenvalue weighted by atomic mass is 9.86. The number of rotatable bonds is 5. The fraction of sp³-hybridized carbons (Fsp3) is 0.385. The van der Waals surface area contributed by atoms with E-state index in [4.69, 9.17) is 0 Å². The Bertz CT molecular complexity index is 1250. The molecule has 1 aromatic heterocycles. The second kappa shape index (κ2) is 9.60. The molecular formula is C26H31N3O3S2. The molecule has 0 bridgehead atoms. The summed E-state index contributed by atoms with van der Waals surface area (Å²) in [6.07, 6.45) is 1.74. The Morgan fingerprint density at radius 3 is 2.24 bits per heavy atom. The number of sulfonamides is 1. The molecule has 1 saturated heterocycles. The Morgan fingerprint density at radius 2 is 1.65 bits per heavy atom. The molecule has 0 unspecified atom stereocenters. The highest BCUT2D eigenvalue weighted by Crippen LogP contribution is 2.29. The number of benzene rings is 2. The molecule has 1 N–H and O–H groups in total. The number of piperidine rings is 1. The fourth-order valence-corrected chi connectivity index (χ4v) is 6.11. The van der Waals surface area contributed by atoms with Crippen LogP contribution in [0.1, 0.15) is 56.5 Å². The summed E-state index contributed by atoms with van der Waals surface area (Å²) < 4.78 is 27.3. The van der Waals surface area contributed by atoms with Crippen molar-refractivity contribution in [3.8, 4) is 11.3 Å². The highest BCUT2D eigenvalue weighted by Gasteiger charge is 2.28. The smallest absolute Gasteiger partial charge is 0.257 e. The minimum atomic E-state index is -3.54. The van der Waals surface area contributed by atoms with Gasteiger partial charge in [0.15, 0.2) is 5.13 Å². The van der Waals surface area contributed by atoms with Crippen molar-refractivity contribution in [3.63, 3.8) is 0 Å². The van der Waals surface area contributed by atoms with Crippen LogP contribution in [0.15, 0.2) is 58.8 Å². The topological polar surface area (TPSA) is 79.4 Å². The van der Waals surface area contributed by atoms with Gasteiger partial charge in [0.1, 0.15) is 0 Å². The van der Waals surface area contributed by atoms with E-state index in [0.717, 1.165) is 24.1 Å². The van der Waals surface area contributed by atoms with E-state index in [0.29, 0.717) is 29.7 Å².